The van der Waals surface area contributed by atoms with E-state index in [0.717, 1.165) is 47.7 Å². The maximum Gasteiger partial charge on any atom is 0.260 e. The number of hydrazine groups is 1. The highest BCUT2D eigenvalue weighted by Crippen LogP contribution is 2.27. The van der Waals surface area contributed by atoms with Crippen LogP contribution in [-0.2, 0) is 17.9 Å². The van der Waals surface area contributed by atoms with Gasteiger partial charge in [-0.25, -0.2) is 15.0 Å². The highest BCUT2D eigenvalue weighted by atomic mass is 16.2. The summed E-state index contributed by atoms with van der Waals surface area (Å²) in [6, 6.07) is 16.0. The van der Waals surface area contributed by atoms with Gasteiger partial charge < -0.3 is 10.3 Å². The predicted molar refractivity (Wildman–Crippen MR) is 133 cm³/mol. The van der Waals surface area contributed by atoms with Crippen molar-refractivity contribution < 1.29 is 4.79 Å². The topological polar surface area (TPSA) is 80.4 Å². The molecule has 2 aromatic heterocycles. The van der Waals surface area contributed by atoms with Crippen LogP contribution >= 0.6 is 0 Å². The van der Waals surface area contributed by atoms with E-state index in [1.165, 1.54) is 10.9 Å². The molecule has 1 amide bonds. The second kappa shape index (κ2) is 8.38. The fraction of sp³-hybridized carbons (Fsp3) is 0.346. The quantitative estimate of drug-likeness (QED) is 0.492. The van der Waals surface area contributed by atoms with Crippen molar-refractivity contribution in [1.29, 1.82) is 0 Å². The highest BCUT2D eigenvalue weighted by molar-refractivity contribution is 5.92. The van der Waals surface area contributed by atoms with Gasteiger partial charge in [0, 0.05) is 42.1 Å². The molecule has 34 heavy (non-hydrogen) atoms. The molecular formula is C26H29N7O. The zero-order valence-corrected chi connectivity index (χ0v) is 19.5. The van der Waals surface area contributed by atoms with Crippen molar-refractivity contribution in [3.63, 3.8) is 0 Å². The molecule has 0 aliphatic carbocycles. The second-order valence-electron chi connectivity index (χ2n) is 9.55. The molecule has 8 heteroatoms. The monoisotopic (exact) mass is 455 g/mol. The van der Waals surface area contributed by atoms with Crippen LogP contribution in [0.15, 0.2) is 54.7 Å². The van der Waals surface area contributed by atoms with Crippen LogP contribution in [0.3, 0.4) is 0 Å². The van der Waals surface area contributed by atoms with Crippen LogP contribution in [0.5, 0.6) is 0 Å². The van der Waals surface area contributed by atoms with E-state index in [1.807, 2.05) is 35.3 Å². The maximum absolute atomic E-state index is 13.9. The molecule has 1 saturated heterocycles. The van der Waals surface area contributed by atoms with E-state index >= 15 is 0 Å². The first-order chi connectivity index (χ1) is 16.6. The number of nitrogens with zero attached hydrogens (tertiary/aromatic N) is 5. The number of rotatable bonds is 3. The minimum atomic E-state index is -0.375. The Balaban J connectivity index is 1.32. The lowest BCUT2D eigenvalue weighted by atomic mass is 10.0. The molecule has 2 N–H and O–H groups in total. The van der Waals surface area contributed by atoms with Crippen LogP contribution in [0.2, 0.25) is 0 Å². The van der Waals surface area contributed by atoms with Gasteiger partial charge in [0.15, 0.2) is 0 Å². The third-order valence-corrected chi connectivity index (χ3v) is 6.87. The van der Waals surface area contributed by atoms with Gasteiger partial charge in [-0.1, -0.05) is 44.2 Å². The first-order valence-electron chi connectivity index (χ1n) is 11.9. The van der Waals surface area contributed by atoms with Gasteiger partial charge in [0.05, 0.1) is 18.7 Å². The van der Waals surface area contributed by atoms with Crippen molar-refractivity contribution in [2.45, 2.75) is 33.0 Å². The molecule has 2 bridgehead atoms. The SMILES string of the molecule is CC(C)C1Nc2nc(nc3ccccc23)CN2CCN(Cc3c[nH]c4ccccc34)CN2C1=O. The van der Waals surface area contributed by atoms with Crippen LogP contribution in [0, 0.1) is 5.92 Å². The number of aromatic amines is 1. The van der Waals surface area contributed by atoms with E-state index in [-0.39, 0.29) is 17.9 Å². The summed E-state index contributed by atoms with van der Waals surface area (Å²) < 4.78 is 0. The number of carbonyl (C=O) groups is 1. The Hall–Kier alpha value is -3.49. The van der Waals surface area contributed by atoms with Crippen LogP contribution < -0.4 is 5.32 Å². The molecule has 6 rings (SSSR count). The van der Waals surface area contributed by atoms with E-state index in [0.29, 0.717) is 13.2 Å². The van der Waals surface area contributed by atoms with E-state index in [1.54, 1.807) is 0 Å². The highest BCUT2D eigenvalue weighted by Gasteiger charge is 2.36. The lowest BCUT2D eigenvalue weighted by molar-refractivity contribution is -0.168. The van der Waals surface area contributed by atoms with Crippen LogP contribution in [-0.4, -0.2) is 61.6 Å². The first kappa shape index (κ1) is 21.1. The van der Waals surface area contributed by atoms with Crippen LogP contribution in [0.1, 0.15) is 25.2 Å². The molecule has 0 radical (unpaired) electrons. The molecule has 2 aromatic carbocycles. The number of hydrogen-bond donors (Lipinski definition) is 2. The Morgan fingerprint density at radius 2 is 1.82 bits per heavy atom. The van der Waals surface area contributed by atoms with Crippen molar-refractivity contribution in [3.8, 4) is 0 Å². The molecule has 4 aromatic rings. The third-order valence-electron chi connectivity index (χ3n) is 6.87. The largest absolute Gasteiger partial charge is 0.361 e. The summed E-state index contributed by atoms with van der Waals surface area (Å²) in [6.07, 6.45) is 2.08. The fourth-order valence-electron chi connectivity index (χ4n) is 5.02. The Morgan fingerprint density at radius 1 is 1.03 bits per heavy atom. The molecule has 0 spiro atoms. The van der Waals surface area contributed by atoms with Gasteiger partial charge in [-0.05, 0) is 29.7 Å². The predicted octanol–water partition coefficient (Wildman–Crippen LogP) is 3.58. The van der Waals surface area contributed by atoms with Crippen LogP contribution in [0.25, 0.3) is 21.8 Å². The summed E-state index contributed by atoms with van der Waals surface area (Å²) in [5, 5.41) is 9.68. The van der Waals surface area contributed by atoms with E-state index in [9.17, 15) is 4.79 Å². The zero-order valence-electron chi connectivity index (χ0n) is 19.5. The van der Waals surface area contributed by atoms with Crippen LogP contribution in [0.4, 0.5) is 5.82 Å². The Bertz CT molecular complexity index is 1360. The van der Waals surface area contributed by atoms with Gasteiger partial charge in [-0.2, -0.15) is 0 Å². The summed E-state index contributed by atoms with van der Waals surface area (Å²) >= 11 is 0. The number of carbonyl (C=O) groups excluding carboxylic acids is 1. The lowest BCUT2D eigenvalue weighted by Crippen LogP contribution is -2.61. The number of para-hydroxylation sites is 2. The number of hydrogen-bond acceptors (Lipinski definition) is 6. The number of aromatic nitrogens is 3. The van der Waals surface area contributed by atoms with Crippen molar-refractivity contribution in [1.82, 2.24) is 29.9 Å². The number of nitrogens with one attached hydrogen (secondary N) is 2. The van der Waals surface area contributed by atoms with Crippen molar-refractivity contribution in [3.05, 3.63) is 66.1 Å². The molecule has 174 valence electrons. The maximum atomic E-state index is 13.9. The lowest BCUT2D eigenvalue weighted by Gasteiger charge is -2.44. The number of H-pyrrole nitrogens is 1. The van der Waals surface area contributed by atoms with Gasteiger partial charge in [0.1, 0.15) is 17.7 Å². The van der Waals surface area contributed by atoms with E-state index in [2.05, 4.69) is 58.5 Å². The molecule has 2 aliphatic rings. The normalized spacial score (nSPS) is 19.7. The van der Waals surface area contributed by atoms with Crippen molar-refractivity contribution >= 4 is 33.5 Å². The smallest absolute Gasteiger partial charge is 0.260 e. The Kier molecular flexibility index (Phi) is 5.19. The van der Waals surface area contributed by atoms with E-state index < -0.39 is 0 Å². The van der Waals surface area contributed by atoms with Gasteiger partial charge in [-0.15, -0.1) is 0 Å². The standard InChI is InChI=1S/C26H29N7O/c1-17(2)24-26(34)33-16-31(14-18-13-27-21-9-5-3-7-19(18)21)11-12-32(33)15-23-28-22-10-6-4-8-20(22)25(29-23)30-24/h3-10,13,17,24,27H,11-12,14-16H2,1-2H3,(H,28,29,30). The molecule has 1 unspecified atom stereocenters. The summed E-state index contributed by atoms with van der Waals surface area (Å²) in [5.74, 6) is 1.65. The Labute approximate surface area is 198 Å². The van der Waals surface area contributed by atoms with Crippen molar-refractivity contribution in [2.75, 3.05) is 25.1 Å². The average molecular weight is 456 g/mol. The minimum Gasteiger partial charge on any atom is -0.361 e. The summed E-state index contributed by atoms with van der Waals surface area (Å²) in [4.78, 5) is 29.2. The van der Waals surface area contributed by atoms with Crippen molar-refractivity contribution in [2.24, 2.45) is 5.92 Å². The molecule has 8 nitrogen and oxygen atoms in total. The number of amides is 1. The minimum absolute atomic E-state index is 0.0759. The molecule has 4 heterocycles. The van der Waals surface area contributed by atoms with Gasteiger partial charge in [-0.3, -0.25) is 14.7 Å². The van der Waals surface area contributed by atoms with E-state index in [4.69, 9.17) is 9.97 Å². The molecule has 1 atom stereocenters. The molecule has 1 fully saturated rings. The molecular weight excluding hydrogens is 426 g/mol. The number of anilines is 1. The Morgan fingerprint density at radius 3 is 2.68 bits per heavy atom. The second-order valence-corrected chi connectivity index (χ2v) is 9.55. The number of fused-ring (bicyclic) bond motifs is 6. The molecule has 2 aliphatic heterocycles. The fourth-order valence-corrected chi connectivity index (χ4v) is 5.02. The van der Waals surface area contributed by atoms with Gasteiger partial charge >= 0.3 is 0 Å². The average Bonchev–Trinajstić information content (AvgIpc) is 3.26. The zero-order chi connectivity index (χ0) is 23.2. The number of benzene rings is 2. The summed E-state index contributed by atoms with van der Waals surface area (Å²) in [6.45, 7) is 7.60. The molecule has 0 saturated carbocycles. The first-order valence-corrected chi connectivity index (χ1v) is 11.9. The summed E-state index contributed by atoms with van der Waals surface area (Å²) in [5.41, 5.74) is 3.29. The third kappa shape index (κ3) is 3.69. The van der Waals surface area contributed by atoms with Gasteiger partial charge in [0.2, 0.25) is 0 Å². The van der Waals surface area contributed by atoms with Gasteiger partial charge in [0.25, 0.3) is 5.91 Å². The summed E-state index contributed by atoms with van der Waals surface area (Å²) in [7, 11) is 0.